The molecule has 0 spiro atoms. The Morgan fingerprint density at radius 2 is 2.31 bits per heavy atom. The molecule has 0 radical (unpaired) electrons. The van der Waals surface area contributed by atoms with Gasteiger partial charge in [0.25, 0.3) is 0 Å². The van der Waals surface area contributed by atoms with E-state index in [1.807, 2.05) is 18.5 Å². The van der Waals surface area contributed by atoms with Crippen molar-refractivity contribution >= 4 is 44.4 Å². The van der Waals surface area contributed by atoms with Gasteiger partial charge in [-0.3, -0.25) is 0 Å². The molecule has 2 rings (SSSR count). The lowest BCUT2D eigenvalue weighted by Gasteiger charge is -1.89. The van der Waals surface area contributed by atoms with Crippen LogP contribution in [-0.2, 0) is 0 Å². The summed E-state index contributed by atoms with van der Waals surface area (Å²) in [5.41, 5.74) is 0. The first-order valence-corrected chi connectivity index (χ1v) is 6.17. The second-order valence-corrected chi connectivity index (χ2v) is 5.71. The summed E-state index contributed by atoms with van der Waals surface area (Å²) in [7, 11) is 1.88. The number of hydrogen-bond donors (Lipinski definition) is 1. The van der Waals surface area contributed by atoms with Gasteiger partial charge in [-0.2, -0.15) is 0 Å². The molecule has 0 fully saturated rings. The fraction of sp³-hybridized carbons (Fsp3) is 0.125. The van der Waals surface area contributed by atoms with Gasteiger partial charge in [-0.15, -0.1) is 22.7 Å². The van der Waals surface area contributed by atoms with Crippen molar-refractivity contribution in [1.29, 1.82) is 0 Å². The molecule has 2 aromatic heterocycles. The number of halogens is 1. The minimum absolute atomic E-state index is 0.935. The molecule has 0 aliphatic carbocycles. The van der Waals surface area contributed by atoms with Crippen molar-refractivity contribution in [2.75, 3.05) is 12.4 Å². The maximum Gasteiger partial charge on any atom is 0.137 e. The fourth-order valence-electron chi connectivity index (χ4n) is 0.931. The smallest absolute Gasteiger partial charge is 0.137 e. The van der Waals surface area contributed by atoms with Gasteiger partial charge in [0.05, 0.1) is 8.66 Å². The lowest BCUT2D eigenvalue weighted by molar-refractivity contribution is 1.36. The summed E-state index contributed by atoms with van der Waals surface area (Å²) >= 11 is 6.79. The molecule has 0 atom stereocenters. The Labute approximate surface area is 92.8 Å². The number of thiazole rings is 1. The molecule has 0 saturated heterocycles. The summed E-state index contributed by atoms with van der Waals surface area (Å²) in [6, 6.07) is 4.12. The minimum Gasteiger partial charge on any atom is -0.372 e. The standard InChI is InChI=1S/C8H7BrN2S2/c1-10-7-4-12-8(11-7)5-2-3-6(9)13-5/h2-4,10H,1H3. The van der Waals surface area contributed by atoms with Gasteiger partial charge in [0.2, 0.25) is 0 Å². The van der Waals surface area contributed by atoms with E-state index in [2.05, 4.69) is 32.3 Å². The van der Waals surface area contributed by atoms with E-state index in [-0.39, 0.29) is 0 Å². The summed E-state index contributed by atoms with van der Waals surface area (Å²) in [5.74, 6) is 0.935. The fourth-order valence-corrected chi connectivity index (χ4v) is 3.20. The number of nitrogens with one attached hydrogen (secondary N) is 1. The van der Waals surface area contributed by atoms with Crippen LogP contribution in [0, 0.1) is 0 Å². The first kappa shape index (κ1) is 9.18. The van der Waals surface area contributed by atoms with Crippen molar-refractivity contribution in [1.82, 2.24) is 4.98 Å². The van der Waals surface area contributed by atoms with E-state index in [0.717, 1.165) is 14.6 Å². The molecule has 0 unspecified atom stereocenters. The third kappa shape index (κ3) is 1.92. The molecule has 2 nitrogen and oxygen atoms in total. The van der Waals surface area contributed by atoms with E-state index >= 15 is 0 Å². The van der Waals surface area contributed by atoms with Crippen molar-refractivity contribution in [3.63, 3.8) is 0 Å². The van der Waals surface area contributed by atoms with E-state index in [9.17, 15) is 0 Å². The highest BCUT2D eigenvalue weighted by Crippen LogP contribution is 2.33. The highest BCUT2D eigenvalue weighted by molar-refractivity contribution is 9.11. The molecule has 0 bridgehead atoms. The molecule has 0 aliphatic heterocycles. The van der Waals surface area contributed by atoms with E-state index < -0.39 is 0 Å². The van der Waals surface area contributed by atoms with Crippen LogP contribution in [0.5, 0.6) is 0 Å². The zero-order valence-corrected chi connectivity index (χ0v) is 10.1. The molecule has 0 aliphatic rings. The van der Waals surface area contributed by atoms with Crippen LogP contribution in [0.15, 0.2) is 21.3 Å². The van der Waals surface area contributed by atoms with Gasteiger partial charge in [-0.25, -0.2) is 4.98 Å². The van der Waals surface area contributed by atoms with Crippen LogP contribution in [0.25, 0.3) is 9.88 Å². The van der Waals surface area contributed by atoms with Crippen molar-refractivity contribution in [3.05, 3.63) is 21.3 Å². The number of nitrogens with zero attached hydrogens (tertiary/aromatic N) is 1. The molecular formula is C8H7BrN2S2. The molecule has 2 heterocycles. The van der Waals surface area contributed by atoms with Crippen molar-refractivity contribution in [3.8, 4) is 9.88 Å². The van der Waals surface area contributed by atoms with E-state index in [0.29, 0.717) is 0 Å². The van der Waals surface area contributed by atoms with E-state index in [1.165, 1.54) is 4.88 Å². The minimum atomic E-state index is 0.935. The Hall–Kier alpha value is -0.390. The molecule has 2 aromatic rings. The monoisotopic (exact) mass is 274 g/mol. The Bertz CT molecular complexity index is 408. The summed E-state index contributed by atoms with van der Waals surface area (Å²) in [5, 5.41) is 6.10. The molecule has 1 N–H and O–H groups in total. The molecular weight excluding hydrogens is 268 g/mol. The van der Waals surface area contributed by atoms with Crippen LogP contribution in [0.4, 0.5) is 5.82 Å². The Morgan fingerprint density at radius 1 is 1.46 bits per heavy atom. The van der Waals surface area contributed by atoms with Gasteiger partial charge in [-0.1, -0.05) is 0 Å². The zero-order valence-electron chi connectivity index (χ0n) is 6.87. The van der Waals surface area contributed by atoms with Gasteiger partial charge in [0.1, 0.15) is 10.8 Å². The first-order chi connectivity index (χ1) is 6.29. The van der Waals surface area contributed by atoms with Crippen LogP contribution >= 0.6 is 38.6 Å². The van der Waals surface area contributed by atoms with E-state index in [1.54, 1.807) is 22.7 Å². The highest BCUT2D eigenvalue weighted by atomic mass is 79.9. The normalized spacial score (nSPS) is 10.3. The summed E-state index contributed by atoms with van der Waals surface area (Å²) in [4.78, 5) is 5.62. The molecule has 68 valence electrons. The second kappa shape index (κ2) is 3.77. The quantitative estimate of drug-likeness (QED) is 0.904. The number of anilines is 1. The van der Waals surface area contributed by atoms with Crippen LogP contribution in [0.2, 0.25) is 0 Å². The SMILES string of the molecule is CNc1csc(-c2ccc(Br)s2)n1. The predicted molar refractivity (Wildman–Crippen MR) is 62.7 cm³/mol. The van der Waals surface area contributed by atoms with Crippen molar-refractivity contribution in [2.45, 2.75) is 0 Å². The van der Waals surface area contributed by atoms with E-state index in [4.69, 9.17) is 0 Å². The van der Waals surface area contributed by atoms with Crippen molar-refractivity contribution < 1.29 is 0 Å². The van der Waals surface area contributed by atoms with Crippen LogP contribution < -0.4 is 5.32 Å². The van der Waals surface area contributed by atoms with Crippen LogP contribution in [-0.4, -0.2) is 12.0 Å². The largest absolute Gasteiger partial charge is 0.372 e. The number of hydrogen-bond acceptors (Lipinski definition) is 4. The third-order valence-corrected chi connectivity index (χ3v) is 4.18. The first-order valence-electron chi connectivity index (χ1n) is 3.68. The number of thiophene rings is 1. The topological polar surface area (TPSA) is 24.9 Å². The zero-order chi connectivity index (χ0) is 9.26. The molecule has 0 amide bonds. The summed E-state index contributed by atoms with van der Waals surface area (Å²) < 4.78 is 1.14. The lowest BCUT2D eigenvalue weighted by Crippen LogP contribution is -1.86. The van der Waals surface area contributed by atoms with Gasteiger partial charge in [0, 0.05) is 12.4 Å². The summed E-state index contributed by atoms with van der Waals surface area (Å²) in [6.45, 7) is 0. The van der Waals surface area contributed by atoms with Gasteiger partial charge >= 0.3 is 0 Å². The Morgan fingerprint density at radius 3 is 2.85 bits per heavy atom. The van der Waals surface area contributed by atoms with Crippen LogP contribution in [0.3, 0.4) is 0 Å². The van der Waals surface area contributed by atoms with Gasteiger partial charge in [0.15, 0.2) is 0 Å². The van der Waals surface area contributed by atoms with Crippen molar-refractivity contribution in [2.24, 2.45) is 0 Å². The Kier molecular flexibility index (Phi) is 2.66. The Balaban J connectivity index is 2.35. The maximum atomic E-state index is 4.41. The summed E-state index contributed by atoms with van der Waals surface area (Å²) in [6.07, 6.45) is 0. The van der Waals surface area contributed by atoms with Crippen LogP contribution in [0.1, 0.15) is 0 Å². The number of rotatable bonds is 2. The highest BCUT2D eigenvalue weighted by Gasteiger charge is 2.05. The van der Waals surface area contributed by atoms with Gasteiger partial charge < -0.3 is 5.32 Å². The van der Waals surface area contributed by atoms with Gasteiger partial charge in [-0.05, 0) is 28.1 Å². The second-order valence-electron chi connectivity index (χ2n) is 2.39. The maximum absolute atomic E-state index is 4.41. The molecule has 5 heteroatoms. The third-order valence-electron chi connectivity index (χ3n) is 1.54. The average Bonchev–Trinajstić information content (AvgIpc) is 2.71. The number of aromatic nitrogens is 1. The molecule has 0 saturated carbocycles. The molecule has 13 heavy (non-hydrogen) atoms. The average molecular weight is 275 g/mol. The predicted octanol–water partition coefficient (Wildman–Crippen LogP) is 3.68. The lowest BCUT2D eigenvalue weighted by atomic mass is 10.5. The molecule has 0 aromatic carbocycles.